The summed E-state index contributed by atoms with van der Waals surface area (Å²) in [4.78, 5) is 21.2. The molecule has 2 heterocycles. The highest BCUT2D eigenvalue weighted by Gasteiger charge is 2.25. The maximum atomic E-state index is 12.9. The van der Waals surface area contributed by atoms with Crippen LogP contribution < -0.4 is 14.4 Å². The molecule has 0 bridgehead atoms. The Balaban J connectivity index is 1.73. The zero-order valence-corrected chi connectivity index (χ0v) is 16.6. The zero-order chi connectivity index (χ0) is 18.7. The van der Waals surface area contributed by atoms with E-state index in [0.717, 1.165) is 18.2 Å². The number of carbonyl (C=O) groups excluding carboxylic acids is 1. The average molecular weight is 396 g/mol. The molecule has 1 saturated heterocycles. The fourth-order valence-corrected chi connectivity index (χ4v) is 3.80. The molecule has 8 heteroatoms. The number of amides is 1. The van der Waals surface area contributed by atoms with Crippen molar-refractivity contribution in [3.8, 4) is 11.5 Å². The van der Waals surface area contributed by atoms with Gasteiger partial charge in [0.05, 0.1) is 18.2 Å². The van der Waals surface area contributed by atoms with Crippen molar-refractivity contribution in [2.45, 2.75) is 20.0 Å². The van der Waals surface area contributed by atoms with Gasteiger partial charge in [-0.05, 0) is 26.0 Å². The Morgan fingerprint density at radius 1 is 1.27 bits per heavy atom. The molecule has 0 aliphatic carbocycles. The lowest BCUT2D eigenvalue weighted by atomic mass is 10.1. The van der Waals surface area contributed by atoms with Gasteiger partial charge in [-0.25, -0.2) is 4.98 Å². The fraction of sp³-hybridized carbons (Fsp3) is 0.444. The van der Waals surface area contributed by atoms with Gasteiger partial charge in [-0.3, -0.25) is 4.79 Å². The van der Waals surface area contributed by atoms with Crippen molar-refractivity contribution >= 4 is 34.0 Å². The first-order chi connectivity index (χ1) is 12.5. The minimum Gasteiger partial charge on any atom is -0.493 e. The van der Waals surface area contributed by atoms with Crippen molar-refractivity contribution in [3.63, 3.8) is 0 Å². The number of hydrogen-bond donors (Lipinski definition) is 0. The third-order valence-corrected chi connectivity index (χ3v) is 5.20. The predicted octanol–water partition coefficient (Wildman–Crippen LogP) is 3.55. The van der Waals surface area contributed by atoms with E-state index in [4.69, 9.17) is 21.1 Å². The fourth-order valence-electron chi connectivity index (χ4n) is 2.85. The summed E-state index contributed by atoms with van der Waals surface area (Å²) in [7, 11) is 1.54. The van der Waals surface area contributed by atoms with Crippen LogP contribution in [-0.4, -0.2) is 55.2 Å². The molecule has 0 saturated carbocycles. The average Bonchev–Trinajstić information content (AvgIpc) is 3.17. The number of rotatable bonds is 5. The number of anilines is 1. The molecule has 2 aromatic rings. The Kier molecular flexibility index (Phi) is 5.88. The predicted molar refractivity (Wildman–Crippen MR) is 104 cm³/mol. The summed E-state index contributed by atoms with van der Waals surface area (Å²) in [5.74, 6) is 0.880. The Bertz CT molecular complexity index is 759. The SMILES string of the molecule is COc1cc(C(=O)N2CCN(c3nccs3)CC2)cc(Cl)c1OC(C)C. The third-order valence-electron chi connectivity index (χ3n) is 4.09. The first-order valence-electron chi connectivity index (χ1n) is 8.47. The molecule has 6 nitrogen and oxygen atoms in total. The molecule has 0 atom stereocenters. The van der Waals surface area contributed by atoms with Gasteiger partial charge >= 0.3 is 0 Å². The molecule has 1 aromatic carbocycles. The highest BCUT2D eigenvalue weighted by molar-refractivity contribution is 7.13. The van der Waals surface area contributed by atoms with E-state index in [1.54, 1.807) is 36.8 Å². The van der Waals surface area contributed by atoms with Gasteiger partial charge in [0.25, 0.3) is 5.91 Å². The van der Waals surface area contributed by atoms with E-state index in [0.29, 0.717) is 35.2 Å². The maximum absolute atomic E-state index is 12.9. The normalized spacial score (nSPS) is 14.7. The Morgan fingerprint density at radius 3 is 2.58 bits per heavy atom. The smallest absolute Gasteiger partial charge is 0.254 e. The second-order valence-corrected chi connectivity index (χ2v) is 7.53. The quantitative estimate of drug-likeness (QED) is 0.774. The molecule has 0 unspecified atom stereocenters. The number of nitrogens with zero attached hydrogens (tertiary/aromatic N) is 3. The largest absolute Gasteiger partial charge is 0.493 e. The van der Waals surface area contributed by atoms with Crippen LogP contribution in [0.1, 0.15) is 24.2 Å². The summed E-state index contributed by atoms with van der Waals surface area (Å²) < 4.78 is 11.1. The molecule has 0 radical (unpaired) electrons. The van der Waals surface area contributed by atoms with Crippen molar-refractivity contribution in [3.05, 3.63) is 34.3 Å². The monoisotopic (exact) mass is 395 g/mol. The number of hydrogen-bond acceptors (Lipinski definition) is 6. The zero-order valence-electron chi connectivity index (χ0n) is 15.1. The van der Waals surface area contributed by atoms with Gasteiger partial charge in [0.15, 0.2) is 16.6 Å². The Hall–Kier alpha value is -1.99. The molecule has 1 amide bonds. The highest BCUT2D eigenvalue weighted by Crippen LogP contribution is 2.37. The molecule has 140 valence electrons. The summed E-state index contributed by atoms with van der Waals surface area (Å²) in [6, 6.07) is 3.34. The summed E-state index contributed by atoms with van der Waals surface area (Å²) in [6.07, 6.45) is 1.76. The van der Waals surface area contributed by atoms with E-state index in [1.165, 1.54) is 0 Å². The van der Waals surface area contributed by atoms with Crippen molar-refractivity contribution in [2.75, 3.05) is 38.2 Å². The van der Waals surface area contributed by atoms with Crippen LogP contribution in [0.2, 0.25) is 5.02 Å². The van der Waals surface area contributed by atoms with E-state index in [2.05, 4.69) is 9.88 Å². The Morgan fingerprint density at radius 2 is 2.00 bits per heavy atom. The van der Waals surface area contributed by atoms with Gasteiger partial charge in [-0.15, -0.1) is 11.3 Å². The number of aromatic nitrogens is 1. The molecule has 0 spiro atoms. The number of piperazine rings is 1. The van der Waals surface area contributed by atoms with Crippen LogP contribution in [0.5, 0.6) is 11.5 Å². The maximum Gasteiger partial charge on any atom is 0.254 e. The molecule has 1 aromatic heterocycles. The minimum absolute atomic E-state index is 0.0399. The van der Waals surface area contributed by atoms with Gasteiger partial charge in [-0.1, -0.05) is 11.6 Å². The van der Waals surface area contributed by atoms with E-state index in [-0.39, 0.29) is 12.0 Å². The molecule has 26 heavy (non-hydrogen) atoms. The van der Waals surface area contributed by atoms with Crippen molar-refractivity contribution in [2.24, 2.45) is 0 Å². The lowest BCUT2D eigenvalue weighted by molar-refractivity contribution is 0.0746. The van der Waals surface area contributed by atoms with Crippen LogP contribution >= 0.6 is 22.9 Å². The standard InChI is InChI=1S/C18H22ClN3O3S/c1-12(2)25-16-14(19)10-13(11-15(16)24-3)17(23)21-5-7-22(8-6-21)18-20-4-9-26-18/h4,9-12H,5-8H2,1-3H3. The number of carbonyl (C=O) groups is 1. The first kappa shape index (κ1) is 18.8. The molecule has 1 aliphatic heterocycles. The van der Waals surface area contributed by atoms with Crippen LogP contribution in [0.3, 0.4) is 0 Å². The second-order valence-electron chi connectivity index (χ2n) is 6.25. The number of ether oxygens (including phenoxy) is 2. The lowest BCUT2D eigenvalue weighted by Gasteiger charge is -2.34. The Labute approximate surface area is 162 Å². The van der Waals surface area contributed by atoms with Crippen molar-refractivity contribution in [1.82, 2.24) is 9.88 Å². The number of benzene rings is 1. The second kappa shape index (κ2) is 8.14. The summed E-state index contributed by atoms with van der Waals surface area (Å²) in [5, 5.41) is 3.34. The van der Waals surface area contributed by atoms with Crippen LogP contribution in [0.15, 0.2) is 23.7 Å². The molecule has 1 aliphatic rings. The number of halogens is 1. The number of thiazole rings is 1. The van der Waals surface area contributed by atoms with E-state index >= 15 is 0 Å². The van der Waals surface area contributed by atoms with Gasteiger partial charge in [0, 0.05) is 43.3 Å². The molecular weight excluding hydrogens is 374 g/mol. The lowest BCUT2D eigenvalue weighted by Crippen LogP contribution is -2.48. The van der Waals surface area contributed by atoms with Gasteiger partial charge in [-0.2, -0.15) is 0 Å². The first-order valence-corrected chi connectivity index (χ1v) is 9.73. The van der Waals surface area contributed by atoms with Crippen LogP contribution in [0.4, 0.5) is 5.13 Å². The third kappa shape index (κ3) is 4.04. The molecule has 0 N–H and O–H groups in total. The summed E-state index contributed by atoms with van der Waals surface area (Å²) >= 11 is 7.95. The van der Waals surface area contributed by atoms with Crippen LogP contribution in [0.25, 0.3) is 0 Å². The molecular formula is C18H22ClN3O3S. The van der Waals surface area contributed by atoms with Crippen molar-refractivity contribution < 1.29 is 14.3 Å². The van der Waals surface area contributed by atoms with Gasteiger partial charge < -0.3 is 19.3 Å². The summed E-state index contributed by atoms with van der Waals surface area (Å²) in [5.41, 5.74) is 0.505. The highest BCUT2D eigenvalue weighted by atomic mass is 35.5. The van der Waals surface area contributed by atoms with Crippen molar-refractivity contribution in [1.29, 1.82) is 0 Å². The minimum atomic E-state index is -0.0555. The number of methoxy groups -OCH3 is 1. The molecule has 1 fully saturated rings. The van der Waals surface area contributed by atoms with E-state index in [9.17, 15) is 4.79 Å². The molecule has 3 rings (SSSR count). The topological polar surface area (TPSA) is 54.9 Å². The summed E-state index contributed by atoms with van der Waals surface area (Å²) in [6.45, 7) is 6.63. The van der Waals surface area contributed by atoms with E-state index < -0.39 is 0 Å². The van der Waals surface area contributed by atoms with Crippen LogP contribution in [-0.2, 0) is 0 Å². The van der Waals surface area contributed by atoms with Gasteiger partial charge in [0.2, 0.25) is 0 Å². The van der Waals surface area contributed by atoms with Crippen LogP contribution in [0, 0.1) is 0 Å². The van der Waals surface area contributed by atoms with E-state index in [1.807, 2.05) is 24.1 Å². The van der Waals surface area contributed by atoms with Gasteiger partial charge in [0.1, 0.15) is 0 Å².